The van der Waals surface area contributed by atoms with Crippen LogP contribution < -0.4 is 4.90 Å². The van der Waals surface area contributed by atoms with Gasteiger partial charge in [0.25, 0.3) is 0 Å². The molecular formula is C28H28N4O4. The minimum atomic E-state index is -0.711. The zero-order valence-corrected chi connectivity index (χ0v) is 21.0. The van der Waals surface area contributed by atoms with E-state index in [0.29, 0.717) is 11.3 Å². The van der Waals surface area contributed by atoms with Gasteiger partial charge >= 0.3 is 12.1 Å². The van der Waals surface area contributed by atoms with Crippen molar-refractivity contribution in [2.45, 2.75) is 39.2 Å². The Morgan fingerprint density at radius 1 is 1.03 bits per heavy atom. The lowest BCUT2D eigenvalue weighted by Gasteiger charge is -2.23. The van der Waals surface area contributed by atoms with E-state index in [0.717, 1.165) is 22.3 Å². The average Bonchev–Trinajstić information content (AvgIpc) is 3.16. The monoisotopic (exact) mass is 484 g/mol. The number of hydrogen-bond donors (Lipinski definition) is 0. The van der Waals surface area contributed by atoms with Gasteiger partial charge < -0.3 is 9.47 Å². The molecule has 0 aromatic heterocycles. The molecule has 0 atom stereocenters. The van der Waals surface area contributed by atoms with Crippen LogP contribution in [-0.2, 0) is 9.47 Å². The van der Waals surface area contributed by atoms with Crippen LogP contribution in [0.1, 0.15) is 53.7 Å². The standard InChI is InChI=1S/C28H28N4O4/c1-17-23(26(33)36-28(2,3)4)14-18(15-25(17)30-31-29)32(5)27(34)35-16-24-21-12-8-6-10-19(21)20-11-7-9-13-22(20)24/h6-15,24H,16H2,1-5H3. The fourth-order valence-corrected chi connectivity index (χ4v) is 4.37. The summed E-state index contributed by atoms with van der Waals surface area (Å²) in [4.78, 5) is 30.0. The Hall–Kier alpha value is -4.29. The zero-order chi connectivity index (χ0) is 26.0. The number of anilines is 1. The van der Waals surface area contributed by atoms with Crippen molar-refractivity contribution in [3.63, 3.8) is 0 Å². The number of nitrogens with zero attached hydrogens (tertiary/aromatic N) is 4. The number of benzene rings is 3. The van der Waals surface area contributed by atoms with Crippen molar-refractivity contribution >= 4 is 23.4 Å². The largest absolute Gasteiger partial charge is 0.456 e. The van der Waals surface area contributed by atoms with Gasteiger partial charge in [0.05, 0.1) is 5.56 Å². The zero-order valence-electron chi connectivity index (χ0n) is 21.0. The summed E-state index contributed by atoms with van der Waals surface area (Å²) in [5, 5.41) is 3.70. The molecule has 36 heavy (non-hydrogen) atoms. The van der Waals surface area contributed by atoms with Crippen LogP contribution >= 0.6 is 0 Å². The summed E-state index contributed by atoms with van der Waals surface area (Å²) in [5.74, 6) is -0.652. The van der Waals surface area contributed by atoms with Crippen LogP contribution in [0.5, 0.6) is 0 Å². The normalized spacial score (nSPS) is 12.2. The molecule has 0 fully saturated rings. The van der Waals surface area contributed by atoms with E-state index >= 15 is 0 Å². The van der Waals surface area contributed by atoms with E-state index in [9.17, 15) is 9.59 Å². The van der Waals surface area contributed by atoms with Crippen LogP contribution in [0.25, 0.3) is 21.6 Å². The van der Waals surface area contributed by atoms with Gasteiger partial charge in [-0.25, -0.2) is 9.59 Å². The van der Waals surface area contributed by atoms with E-state index in [1.807, 2.05) is 24.3 Å². The Kier molecular flexibility index (Phi) is 6.73. The van der Waals surface area contributed by atoms with Crippen LogP contribution in [-0.4, -0.2) is 31.3 Å². The average molecular weight is 485 g/mol. The summed E-state index contributed by atoms with van der Waals surface area (Å²) < 4.78 is 11.2. The number of ether oxygens (including phenoxy) is 2. The minimum Gasteiger partial charge on any atom is -0.456 e. The first-order valence-electron chi connectivity index (χ1n) is 11.6. The molecule has 0 aliphatic heterocycles. The van der Waals surface area contributed by atoms with Crippen LogP contribution in [0.2, 0.25) is 0 Å². The lowest BCUT2D eigenvalue weighted by molar-refractivity contribution is 0.00687. The maximum Gasteiger partial charge on any atom is 0.414 e. The molecule has 0 saturated heterocycles. The van der Waals surface area contributed by atoms with Gasteiger partial charge in [0.1, 0.15) is 12.2 Å². The molecule has 8 nitrogen and oxygen atoms in total. The number of azide groups is 1. The number of amides is 1. The Bertz CT molecular complexity index is 1340. The van der Waals surface area contributed by atoms with Gasteiger partial charge in [-0.3, -0.25) is 4.90 Å². The van der Waals surface area contributed by atoms with E-state index in [1.165, 1.54) is 4.90 Å². The summed E-state index contributed by atoms with van der Waals surface area (Å²) in [6, 6.07) is 19.3. The maximum atomic E-state index is 13.1. The summed E-state index contributed by atoms with van der Waals surface area (Å²) >= 11 is 0. The van der Waals surface area contributed by atoms with Crippen molar-refractivity contribution in [3.05, 3.63) is 93.4 Å². The highest BCUT2D eigenvalue weighted by Crippen LogP contribution is 2.44. The first-order valence-corrected chi connectivity index (χ1v) is 11.6. The fraction of sp³-hybridized carbons (Fsp3) is 0.286. The van der Waals surface area contributed by atoms with Crippen molar-refractivity contribution < 1.29 is 19.1 Å². The maximum absolute atomic E-state index is 13.1. The van der Waals surface area contributed by atoms with E-state index in [4.69, 9.17) is 15.0 Å². The minimum absolute atomic E-state index is 0.0798. The molecule has 3 aromatic carbocycles. The smallest absolute Gasteiger partial charge is 0.414 e. The quantitative estimate of drug-likeness (QED) is 0.164. The predicted molar refractivity (Wildman–Crippen MR) is 139 cm³/mol. The van der Waals surface area contributed by atoms with Gasteiger partial charge in [0, 0.05) is 29.3 Å². The lowest BCUT2D eigenvalue weighted by atomic mass is 9.98. The van der Waals surface area contributed by atoms with Gasteiger partial charge in [-0.2, -0.15) is 0 Å². The van der Waals surface area contributed by atoms with Gasteiger partial charge in [-0.15, -0.1) is 0 Å². The van der Waals surface area contributed by atoms with E-state index in [1.54, 1.807) is 46.9 Å². The number of esters is 1. The van der Waals surface area contributed by atoms with Gasteiger partial charge in [-0.1, -0.05) is 53.6 Å². The van der Waals surface area contributed by atoms with E-state index in [-0.39, 0.29) is 23.8 Å². The summed E-state index contributed by atoms with van der Waals surface area (Å²) in [6.07, 6.45) is -0.595. The molecule has 1 aliphatic carbocycles. The van der Waals surface area contributed by atoms with Gasteiger partial charge in [0.15, 0.2) is 0 Å². The van der Waals surface area contributed by atoms with Gasteiger partial charge in [0.2, 0.25) is 0 Å². The molecule has 0 N–H and O–H groups in total. The lowest BCUT2D eigenvalue weighted by Crippen LogP contribution is -2.29. The van der Waals surface area contributed by atoms with Crippen LogP contribution in [0, 0.1) is 6.92 Å². The van der Waals surface area contributed by atoms with Crippen molar-refractivity contribution in [2.75, 3.05) is 18.6 Å². The summed E-state index contributed by atoms with van der Waals surface area (Å²) in [5.41, 5.74) is 14.1. The third kappa shape index (κ3) is 4.90. The third-order valence-electron chi connectivity index (χ3n) is 6.13. The third-order valence-corrected chi connectivity index (χ3v) is 6.13. The summed E-state index contributed by atoms with van der Waals surface area (Å²) in [7, 11) is 1.54. The molecule has 3 aromatic rings. The first kappa shape index (κ1) is 24.8. The SMILES string of the molecule is Cc1c(N=[N+]=[N-])cc(N(C)C(=O)OCC2c3ccccc3-c3ccccc32)cc1C(=O)OC(C)(C)C. The second-order valence-electron chi connectivity index (χ2n) is 9.69. The Morgan fingerprint density at radius 3 is 2.17 bits per heavy atom. The van der Waals surface area contributed by atoms with E-state index < -0.39 is 17.7 Å². The second-order valence-corrected chi connectivity index (χ2v) is 9.69. The number of fused-ring (bicyclic) bond motifs is 3. The Morgan fingerprint density at radius 2 is 1.61 bits per heavy atom. The second kappa shape index (κ2) is 9.76. The number of hydrogen-bond acceptors (Lipinski definition) is 5. The molecule has 1 amide bonds. The molecule has 0 radical (unpaired) electrons. The molecule has 0 bridgehead atoms. The molecule has 0 unspecified atom stereocenters. The molecule has 184 valence electrons. The molecule has 0 heterocycles. The first-order chi connectivity index (χ1) is 17.1. The number of carbonyl (C=O) groups is 2. The van der Waals surface area contributed by atoms with Crippen LogP contribution in [0.3, 0.4) is 0 Å². The van der Waals surface area contributed by atoms with Crippen molar-refractivity contribution in [2.24, 2.45) is 5.11 Å². The fourth-order valence-electron chi connectivity index (χ4n) is 4.37. The van der Waals surface area contributed by atoms with Crippen LogP contribution in [0.4, 0.5) is 16.2 Å². The van der Waals surface area contributed by atoms with Crippen LogP contribution in [0.15, 0.2) is 65.8 Å². The predicted octanol–water partition coefficient (Wildman–Crippen LogP) is 7.28. The highest BCUT2D eigenvalue weighted by molar-refractivity contribution is 5.96. The topological polar surface area (TPSA) is 105 Å². The summed E-state index contributed by atoms with van der Waals surface area (Å²) in [6.45, 7) is 7.12. The molecule has 0 saturated carbocycles. The number of carbonyl (C=O) groups excluding carboxylic acids is 2. The Balaban J connectivity index is 1.58. The molecule has 0 spiro atoms. The van der Waals surface area contributed by atoms with Gasteiger partial charge in [-0.05, 0) is 73.2 Å². The van der Waals surface area contributed by atoms with Crippen molar-refractivity contribution in [1.29, 1.82) is 0 Å². The molecular weight excluding hydrogens is 456 g/mol. The highest BCUT2D eigenvalue weighted by atomic mass is 16.6. The number of rotatable bonds is 5. The molecule has 4 rings (SSSR count). The molecule has 8 heteroatoms. The van der Waals surface area contributed by atoms with Crippen molar-refractivity contribution in [1.82, 2.24) is 0 Å². The molecule has 1 aliphatic rings. The Labute approximate surface area is 210 Å². The van der Waals surface area contributed by atoms with E-state index in [2.05, 4.69) is 34.3 Å². The highest BCUT2D eigenvalue weighted by Gasteiger charge is 2.30. The van der Waals surface area contributed by atoms with Crippen molar-refractivity contribution in [3.8, 4) is 11.1 Å².